The minimum atomic E-state index is -0.177. The Hall–Kier alpha value is -4.97. The van der Waals surface area contributed by atoms with E-state index in [1.807, 2.05) is 72.8 Å². The summed E-state index contributed by atoms with van der Waals surface area (Å²) in [5.41, 5.74) is 3.78. The Balaban J connectivity index is 1.48. The molecule has 0 unspecified atom stereocenters. The molecule has 0 spiro atoms. The number of rotatable bonds is 9. The molecule has 0 bridgehead atoms. The van der Waals surface area contributed by atoms with E-state index in [9.17, 15) is 4.79 Å². The van der Waals surface area contributed by atoms with Crippen molar-refractivity contribution in [2.75, 3.05) is 21.3 Å². The molecule has 4 aromatic carbocycles. The van der Waals surface area contributed by atoms with Crippen molar-refractivity contribution in [3.8, 4) is 34.3 Å². The molecule has 0 fully saturated rings. The quantitative estimate of drug-likeness (QED) is 0.191. The van der Waals surface area contributed by atoms with Crippen LogP contribution in [0.15, 0.2) is 100 Å². The van der Waals surface area contributed by atoms with Crippen LogP contribution < -0.4 is 24.4 Å². The maximum Gasteiger partial charge on any atom is 0.193 e. The van der Waals surface area contributed by atoms with Crippen molar-refractivity contribution in [2.24, 2.45) is 0 Å². The molecule has 5 aromatic rings. The van der Waals surface area contributed by atoms with Crippen molar-refractivity contribution in [3.05, 3.63) is 118 Å². The van der Waals surface area contributed by atoms with Gasteiger partial charge >= 0.3 is 0 Å². The van der Waals surface area contributed by atoms with Crippen LogP contribution in [0.2, 0.25) is 0 Å². The Labute approximate surface area is 226 Å². The first-order chi connectivity index (χ1) is 19.1. The third kappa shape index (κ3) is 5.80. The van der Waals surface area contributed by atoms with Gasteiger partial charge in [-0.1, -0.05) is 54.6 Å². The molecular weight excluding hydrogens is 492 g/mol. The standard InChI is InChI=1S/C33H28O6/c1-35-26-15-16-30-28(18-26)29(34)20-32(39-30)33-24(17-27(36-2)19-31(33)37-3)12-9-22-10-13-25(14-11-22)38-21-23-7-5-4-6-8-23/h4-20H,21H2,1-3H3. The van der Waals surface area contributed by atoms with Crippen LogP contribution in [-0.4, -0.2) is 21.3 Å². The van der Waals surface area contributed by atoms with Gasteiger partial charge in [-0.2, -0.15) is 0 Å². The van der Waals surface area contributed by atoms with Crippen LogP contribution in [0, 0.1) is 0 Å². The van der Waals surface area contributed by atoms with Crippen LogP contribution in [0.25, 0.3) is 34.4 Å². The van der Waals surface area contributed by atoms with Crippen LogP contribution in [0.1, 0.15) is 16.7 Å². The molecule has 0 atom stereocenters. The van der Waals surface area contributed by atoms with Crippen LogP contribution in [0.4, 0.5) is 0 Å². The summed E-state index contributed by atoms with van der Waals surface area (Å²) in [6.45, 7) is 0.507. The van der Waals surface area contributed by atoms with E-state index < -0.39 is 0 Å². The summed E-state index contributed by atoms with van der Waals surface area (Å²) in [6, 6.07) is 28.2. The first-order valence-corrected chi connectivity index (χ1v) is 12.4. The zero-order valence-electron chi connectivity index (χ0n) is 22.0. The second kappa shape index (κ2) is 11.6. The largest absolute Gasteiger partial charge is 0.497 e. The van der Waals surface area contributed by atoms with Crippen molar-refractivity contribution < 1.29 is 23.4 Å². The summed E-state index contributed by atoms with van der Waals surface area (Å²) in [5, 5.41) is 0.442. The average Bonchev–Trinajstić information content (AvgIpc) is 2.99. The number of hydrogen-bond acceptors (Lipinski definition) is 6. The molecule has 6 heteroatoms. The SMILES string of the molecule is COc1cc(C=Cc2ccc(OCc3ccccc3)cc2)c(-c2cc(=O)c3cc(OC)ccc3o2)c(OC)c1. The molecule has 0 aliphatic rings. The molecule has 0 amide bonds. The van der Waals surface area contributed by atoms with Crippen molar-refractivity contribution in [1.29, 1.82) is 0 Å². The number of hydrogen-bond donors (Lipinski definition) is 0. The molecule has 0 saturated heterocycles. The van der Waals surface area contributed by atoms with E-state index in [4.69, 9.17) is 23.4 Å². The summed E-state index contributed by atoms with van der Waals surface area (Å²) in [5.74, 6) is 2.91. The molecule has 1 heterocycles. The average molecular weight is 521 g/mol. The summed E-state index contributed by atoms with van der Waals surface area (Å²) >= 11 is 0. The van der Waals surface area contributed by atoms with Gasteiger partial charge in [0.05, 0.1) is 32.3 Å². The fourth-order valence-electron chi connectivity index (χ4n) is 4.27. The van der Waals surface area contributed by atoms with E-state index in [1.165, 1.54) is 6.07 Å². The van der Waals surface area contributed by atoms with Gasteiger partial charge in [-0.05, 0) is 53.1 Å². The topological polar surface area (TPSA) is 67.1 Å². The second-order valence-electron chi connectivity index (χ2n) is 8.81. The first kappa shape index (κ1) is 25.7. The Bertz CT molecular complexity index is 1670. The molecule has 39 heavy (non-hydrogen) atoms. The lowest BCUT2D eigenvalue weighted by Gasteiger charge is -2.14. The molecule has 196 valence electrons. The summed E-state index contributed by atoms with van der Waals surface area (Å²) < 4.78 is 28.5. The van der Waals surface area contributed by atoms with Crippen molar-refractivity contribution in [1.82, 2.24) is 0 Å². The predicted molar refractivity (Wildman–Crippen MR) is 154 cm³/mol. The maximum absolute atomic E-state index is 13.0. The van der Waals surface area contributed by atoms with Crippen molar-refractivity contribution >= 4 is 23.1 Å². The van der Waals surface area contributed by atoms with Gasteiger partial charge in [0.15, 0.2) is 5.43 Å². The lowest BCUT2D eigenvalue weighted by molar-refractivity contribution is 0.306. The number of methoxy groups -OCH3 is 3. The number of benzene rings is 4. The van der Waals surface area contributed by atoms with Gasteiger partial charge < -0.3 is 23.4 Å². The smallest absolute Gasteiger partial charge is 0.193 e. The Morgan fingerprint density at radius 1 is 0.718 bits per heavy atom. The zero-order chi connectivity index (χ0) is 27.2. The minimum absolute atomic E-state index is 0.177. The van der Waals surface area contributed by atoms with E-state index in [1.54, 1.807) is 45.6 Å². The highest BCUT2D eigenvalue weighted by molar-refractivity contribution is 5.86. The van der Waals surface area contributed by atoms with Gasteiger partial charge in [-0.3, -0.25) is 4.79 Å². The lowest BCUT2D eigenvalue weighted by atomic mass is 10.0. The normalized spacial score (nSPS) is 11.1. The van der Waals surface area contributed by atoms with Gasteiger partial charge in [0, 0.05) is 12.1 Å². The molecule has 0 aliphatic heterocycles. The van der Waals surface area contributed by atoms with Gasteiger partial charge in [-0.15, -0.1) is 0 Å². The minimum Gasteiger partial charge on any atom is -0.497 e. The maximum atomic E-state index is 13.0. The predicted octanol–water partition coefficient (Wildman–Crippen LogP) is 7.24. The van der Waals surface area contributed by atoms with E-state index in [0.29, 0.717) is 46.1 Å². The highest BCUT2D eigenvalue weighted by Gasteiger charge is 2.17. The zero-order valence-corrected chi connectivity index (χ0v) is 22.0. The Morgan fingerprint density at radius 2 is 1.46 bits per heavy atom. The Kier molecular flexibility index (Phi) is 7.64. The van der Waals surface area contributed by atoms with E-state index in [2.05, 4.69) is 0 Å². The fraction of sp³-hybridized carbons (Fsp3) is 0.121. The Morgan fingerprint density at radius 3 is 2.18 bits per heavy atom. The van der Waals surface area contributed by atoms with Crippen molar-refractivity contribution in [3.63, 3.8) is 0 Å². The molecule has 0 saturated carbocycles. The van der Waals surface area contributed by atoms with E-state index in [0.717, 1.165) is 22.4 Å². The molecular formula is C33H28O6. The van der Waals surface area contributed by atoms with Crippen LogP contribution >= 0.6 is 0 Å². The van der Waals surface area contributed by atoms with Gasteiger partial charge in [-0.25, -0.2) is 0 Å². The molecule has 5 rings (SSSR count). The van der Waals surface area contributed by atoms with E-state index in [-0.39, 0.29) is 5.43 Å². The molecule has 1 aromatic heterocycles. The van der Waals surface area contributed by atoms with Crippen molar-refractivity contribution in [2.45, 2.75) is 6.61 Å². The number of ether oxygens (including phenoxy) is 4. The third-order valence-corrected chi connectivity index (χ3v) is 6.33. The summed E-state index contributed by atoms with van der Waals surface area (Å²) in [4.78, 5) is 13.0. The van der Waals surface area contributed by atoms with Crippen LogP contribution in [0.3, 0.4) is 0 Å². The number of fused-ring (bicyclic) bond motifs is 1. The molecule has 0 aliphatic carbocycles. The van der Waals surface area contributed by atoms with Gasteiger partial charge in [0.25, 0.3) is 0 Å². The van der Waals surface area contributed by atoms with Gasteiger partial charge in [0.1, 0.15) is 40.9 Å². The highest BCUT2D eigenvalue weighted by Crippen LogP contribution is 2.39. The molecule has 0 radical (unpaired) electrons. The summed E-state index contributed by atoms with van der Waals surface area (Å²) in [6.07, 6.45) is 3.92. The fourth-order valence-corrected chi connectivity index (χ4v) is 4.27. The van der Waals surface area contributed by atoms with Gasteiger partial charge in [0.2, 0.25) is 0 Å². The van der Waals surface area contributed by atoms with Crippen LogP contribution in [-0.2, 0) is 6.61 Å². The molecule has 0 N–H and O–H groups in total. The lowest BCUT2D eigenvalue weighted by Crippen LogP contribution is -2.02. The van der Waals surface area contributed by atoms with E-state index >= 15 is 0 Å². The first-order valence-electron chi connectivity index (χ1n) is 12.4. The molecule has 6 nitrogen and oxygen atoms in total. The monoisotopic (exact) mass is 520 g/mol. The third-order valence-electron chi connectivity index (χ3n) is 6.33. The van der Waals surface area contributed by atoms with Crippen LogP contribution in [0.5, 0.6) is 23.0 Å². The highest BCUT2D eigenvalue weighted by atomic mass is 16.5. The second-order valence-corrected chi connectivity index (χ2v) is 8.81. The summed E-state index contributed by atoms with van der Waals surface area (Å²) in [7, 11) is 4.73.